The molecule has 2 N–H and O–H groups in total. The molecule has 1 heterocycles. The van der Waals surface area contributed by atoms with Crippen molar-refractivity contribution in [3.8, 4) is 5.88 Å². The molecule has 1 aromatic heterocycles. The topological polar surface area (TPSA) is 58.5 Å². The molecule has 0 atom stereocenters. The van der Waals surface area contributed by atoms with E-state index in [0.29, 0.717) is 12.4 Å². The van der Waals surface area contributed by atoms with Crippen LogP contribution < -0.4 is 15.4 Å². The van der Waals surface area contributed by atoms with E-state index in [1.54, 1.807) is 32.5 Å². The lowest BCUT2D eigenvalue weighted by Crippen LogP contribution is -2.40. The molecule has 0 saturated heterocycles. The Kier molecular flexibility index (Phi) is 7.19. The summed E-state index contributed by atoms with van der Waals surface area (Å²) < 4.78 is 18.6. The van der Waals surface area contributed by atoms with Gasteiger partial charge in [-0.2, -0.15) is 0 Å². The van der Waals surface area contributed by atoms with Gasteiger partial charge >= 0.3 is 0 Å². The number of aromatic nitrogens is 1. The molecule has 3 rings (SSSR count). The third-order valence-corrected chi connectivity index (χ3v) is 4.58. The number of hydrogen-bond acceptors (Lipinski definition) is 3. The lowest BCUT2D eigenvalue weighted by Gasteiger charge is -2.19. The summed E-state index contributed by atoms with van der Waals surface area (Å²) in [4.78, 5) is 8.36. The molecule has 1 aliphatic rings. The predicted octanol–water partition coefficient (Wildman–Crippen LogP) is 3.24. The Hall–Kier alpha value is -1.90. The fraction of sp³-hybridized carbons (Fsp3) is 0.368. The van der Waals surface area contributed by atoms with Gasteiger partial charge in [0.1, 0.15) is 5.82 Å². The second kappa shape index (κ2) is 9.16. The van der Waals surface area contributed by atoms with E-state index in [2.05, 4.69) is 20.6 Å². The SMILES string of the molecule is CN=C(NCc1ccnc(OC)c1)NCC1(c2cccc(F)c2)CC1.I. The number of ether oxygens (including phenoxy) is 1. The van der Waals surface area contributed by atoms with Gasteiger partial charge in [0.2, 0.25) is 5.88 Å². The molecule has 0 radical (unpaired) electrons. The second-order valence-corrected chi connectivity index (χ2v) is 6.28. The lowest BCUT2D eigenvalue weighted by atomic mass is 9.96. The zero-order chi connectivity index (χ0) is 17.7. The summed E-state index contributed by atoms with van der Waals surface area (Å²) in [6, 6.07) is 10.7. The summed E-state index contributed by atoms with van der Waals surface area (Å²) in [7, 11) is 3.34. The summed E-state index contributed by atoms with van der Waals surface area (Å²) in [5.74, 6) is 1.13. The van der Waals surface area contributed by atoms with Gasteiger partial charge in [-0.1, -0.05) is 12.1 Å². The van der Waals surface area contributed by atoms with Crippen molar-refractivity contribution >= 4 is 29.9 Å². The molecule has 0 spiro atoms. The number of nitrogens with one attached hydrogen (secondary N) is 2. The van der Waals surface area contributed by atoms with Crippen molar-refractivity contribution in [2.24, 2.45) is 4.99 Å². The van der Waals surface area contributed by atoms with Crippen LogP contribution in [0.1, 0.15) is 24.0 Å². The Labute approximate surface area is 170 Å². The highest BCUT2D eigenvalue weighted by atomic mass is 127. The van der Waals surface area contributed by atoms with E-state index in [1.165, 1.54) is 6.07 Å². The van der Waals surface area contributed by atoms with Crippen LogP contribution in [0.15, 0.2) is 47.6 Å². The molecule has 1 aromatic carbocycles. The van der Waals surface area contributed by atoms with Gasteiger partial charge in [0, 0.05) is 37.8 Å². The van der Waals surface area contributed by atoms with E-state index in [0.717, 1.165) is 36.5 Å². The maximum absolute atomic E-state index is 13.5. The summed E-state index contributed by atoms with van der Waals surface area (Å²) >= 11 is 0. The normalized spacial score (nSPS) is 15.0. The van der Waals surface area contributed by atoms with E-state index < -0.39 is 0 Å². The Bertz CT molecular complexity index is 765. The van der Waals surface area contributed by atoms with Crippen molar-refractivity contribution in [1.82, 2.24) is 15.6 Å². The first-order chi connectivity index (χ1) is 12.1. The second-order valence-electron chi connectivity index (χ2n) is 6.28. The van der Waals surface area contributed by atoms with Gasteiger partial charge in [-0.3, -0.25) is 4.99 Å². The Morgan fingerprint density at radius 3 is 2.73 bits per heavy atom. The first-order valence-corrected chi connectivity index (χ1v) is 8.35. The van der Waals surface area contributed by atoms with Crippen LogP contribution in [0.4, 0.5) is 4.39 Å². The van der Waals surface area contributed by atoms with Gasteiger partial charge in [-0.25, -0.2) is 9.37 Å². The first kappa shape index (κ1) is 20.4. The standard InChI is InChI=1S/C19H23FN4O.HI/c1-21-18(23-12-14-6-9-22-17(10-14)25-2)24-13-19(7-8-19)15-4-3-5-16(20)11-15;/h3-6,9-11H,7-8,12-13H2,1-2H3,(H2,21,23,24);1H. The number of pyridine rings is 1. The van der Waals surface area contributed by atoms with E-state index in [1.807, 2.05) is 18.2 Å². The molecule has 2 aromatic rings. The number of rotatable bonds is 6. The van der Waals surface area contributed by atoms with Crippen LogP contribution in [0, 0.1) is 5.82 Å². The van der Waals surface area contributed by atoms with Crippen LogP contribution >= 0.6 is 24.0 Å². The van der Waals surface area contributed by atoms with Crippen molar-refractivity contribution in [2.45, 2.75) is 24.8 Å². The van der Waals surface area contributed by atoms with E-state index >= 15 is 0 Å². The number of aliphatic imine (C=N–C) groups is 1. The Morgan fingerprint density at radius 2 is 2.08 bits per heavy atom. The average Bonchev–Trinajstić information content (AvgIpc) is 3.43. The summed E-state index contributed by atoms with van der Waals surface area (Å²) in [6.07, 6.45) is 3.83. The van der Waals surface area contributed by atoms with Gasteiger partial charge in [0.15, 0.2) is 5.96 Å². The minimum atomic E-state index is -0.182. The van der Waals surface area contributed by atoms with E-state index in [-0.39, 0.29) is 35.2 Å². The number of halogens is 2. The van der Waals surface area contributed by atoms with Crippen molar-refractivity contribution in [3.63, 3.8) is 0 Å². The van der Waals surface area contributed by atoms with Crippen LogP contribution in [0.5, 0.6) is 5.88 Å². The van der Waals surface area contributed by atoms with Gasteiger partial charge in [0.05, 0.1) is 7.11 Å². The van der Waals surface area contributed by atoms with Crippen molar-refractivity contribution in [2.75, 3.05) is 20.7 Å². The largest absolute Gasteiger partial charge is 0.481 e. The molecule has 1 fully saturated rings. The highest BCUT2D eigenvalue weighted by molar-refractivity contribution is 14.0. The van der Waals surface area contributed by atoms with Crippen LogP contribution in [-0.4, -0.2) is 31.6 Å². The Balaban J connectivity index is 0.00000243. The summed E-state index contributed by atoms with van der Waals surface area (Å²) in [5, 5.41) is 6.64. The molecule has 5 nitrogen and oxygen atoms in total. The van der Waals surface area contributed by atoms with Crippen LogP contribution in [0.25, 0.3) is 0 Å². The first-order valence-electron chi connectivity index (χ1n) is 8.35. The van der Waals surface area contributed by atoms with Crippen LogP contribution in [0.2, 0.25) is 0 Å². The van der Waals surface area contributed by atoms with Crippen molar-refractivity contribution in [3.05, 3.63) is 59.5 Å². The molecule has 0 amide bonds. The lowest BCUT2D eigenvalue weighted by molar-refractivity contribution is 0.397. The molecule has 1 saturated carbocycles. The molecular weight excluding hydrogens is 446 g/mol. The highest BCUT2D eigenvalue weighted by Crippen LogP contribution is 2.47. The van der Waals surface area contributed by atoms with Gasteiger partial charge in [0.25, 0.3) is 0 Å². The summed E-state index contributed by atoms with van der Waals surface area (Å²) in [5.41, 5.74) is 2.12. The fourth-order valence-corrected chi connectivity index (χ4v) is 2.87. The maximum Gasteiger partial charge on any atom is 0.213 e. The molecule has 0 unspecified atom stereocenters. The average molecular weight is 470 g/mol. The van der Waals surface area contributed by atoms with Gasteiger partial charge in [-0.05, 0) is 42.2 Å². The smallest absolute Gasteiger partial charge is 0.213 e. The number of nitrogens with zero attached hydrogens (tertiary/aromatic N) is 2. The summed E-state index contributed by atoms with van der Waals surface area (Å²) in [6.45, 7) is 1.35. The van der Waals surface area contributed by atoms with Crippen LogP contribution in [-0.2, 0) is 12.0 Å². The molecule has 7 heteroatoms. The molecular formula is C19H24FIN4O. The zero-order valence-corrected chi connectivity index (χ0v) is 17.3. The Morgan fingerprint density at radius 1 is 1.27 bits per heavy atom. The van der Waals surface area contributed by atoms with Crippen LogP contribution in [0.3, 0.4) is 0 Å². The van der Waals surface area contributed by atoms with Gasteiger partial charge < -0.3 is 15.4 Å². The zero-order valence-electron chi connectivity index (χ0n) is 15.0. The molecule has 0 bridgehead atoms. The molecule has 1 aliphatic carbocycles. The number of benzene rings is 1. The number of guanidine groups is 1. The van der Waals surface area contributed by atoms with Gasteiger partial charge in [-0.15, -0.1) is 24.0 Å². The quantitative estimate of drug-likeness (QED) is 0.387. The minimum Gasteiger partial charge on any atom is -0.481 e. The molecule has 140 valence electrons. The monoisotopic (exact) mass is 470 g/mol. The fourth-order valence-electron chi connectivity index (χ4n) is 2.87. The predicted molar refractivity (Wildman–Crippen MR) is 112 cm³/mol. The minimum absolute atomic E-state index is 0. The maximum atomic E-state index is 13.5. The molecule has 0 aliphatic heterocycles. The van der Waals surface area contributed by atoms with Crippen molar-refractivity contribution in [1.29, 1.82) is 0 Å². The number of hydrogen-bond donors (Lipinski definition) is 2. The molecule has 26 heavy (non-hydrogen) atoms. The number of methoxy groups -OCH3 is 1. The highest BCUT2D eigenvalue weighted by Gasteiger charge is 2.44. The van der Waals surface area contributed by atoms with E-state index in [9.17, 15) is 4.39 Å². The van der Waals surface area contributed by atoms with Crippen molar-refractivity contribution < 1.29 is 9.13 Å². The third-order valence-electron chi connectivity index (χ3n) is 4.58. The third kappa shape index (κ3) is 5.06. The van der Waals surface area contributed by atoms with E-state index in [4.69, 9.17) is 4.74 Å².